The molecule has 2 aromatic rings. The molecule has 1 saturated carbocycles. The predicted octanol–water partition coefficient (Wildman–Crippen LogP) is 4.64. The Balaban J connectivity index is 1.49. The van der Waals surface area contributed by atoms with E-state index < -0.39 is 0 Å². The van der Waals surface area contributed by atoms with Crippen molar-refractivity contribution in [2.45, 2.75) is 58.0 Å². The first-order valence-electron chi connectivity index (χ1n) is 10.9. The highest BCUT2D eigenvalue weighted by Gasteiger charge is 2.40. The highest BCUT2D eigenvalue weighted by atomic mass is 16.5. The third-order valence-corrected chi connectivity index (χ3v) is 6.77. The quantitative estimate of drug-likeness (QED) is 0.730. The van der Waals surface area contributed by atoms with E-state index in [1.807, 2.05) is 43.5 Å². The molecule has 0 saturated heterocycles. The van der Waals surface area contributed by atoms with Crippen LogP contribution in [-0.2, 0) is 0 Å². The molecule has 3 aliphatic rings. The van der Waals surface area contributed by atoms with Crippen LogP contribution in [0.15, 0.2) is 46.5 Å². The van der Waals surface area contributed by atoms with Crippen LogP contribution in [0.1, 0.15) is 53.8 Å². The van der Waals surface area contributed by atoms with E-state index in [0.717, 1.165) is 67.0 Å². The molecule has 0 bridgehead atoms. The zero-order valence-corrected chi connectivity index (χ0v) is 18.0. The summed E-state index contributed by atoms with van der Waals surface area (Å²) in [5.41, 5.74) is 6.65. The SMILES string of the molecule is COc1ccccc1-n1c(C)cc(C(=O)N(C2CC2)C2CCC3=C(C=NC3)C2)c1C. The normalized spacial score (nSPS) is 20.4. The molecule has 2 heterocycles. The van der Waals surface area contributed by atoms with Crippen molar-refractivity contribution in [3.05, 3.63) is 58.4 Å². The number of carbonyl (C=O) groups is 1. The average molecular weight is 404 g/mol. The minimum atomic E-state index is 0.177. The van der Waals surface area contributed by atoms with E-state index in [4.69, 9.17) is 4.74 Å². The summed E-state index contributed by atoms with van der Waals surface area (Å²) < 4.78 is 7.72. The van der Waals surface area contributed by atoms with Crippen LogP contribution in [0.2, 0.25) is 0 Å². The molecule has 1 unspecified atom stereocenters. The number of methoxy groups -OCH3 is 1. The topological polar surface area (TPSA) is 46.8 Å². The Labute approximate surface area is 178 Å². The van der Waals surface area contributed by atoms with Gasteiger partial charge in [0.1, 0.15) is 5.75 Å². The van der Waals surface area contributed by atoms with Crippen LogP contribution in [0.3, 0.4) is 0 Å². The minimum absolute atomic E-state index is 0.177. The number of aromatic nitrogens is 1. The summed E-state index contributed by atoms with van der Waals surface area (Å²) in [5, 5.41) is 0. The van der Waals surface area contributed by atoms with E-state index in [1.165, 1.54) is 11.1 Å². The Hall–Kier alpha value is -2.82. The molecule has 1 amide bonds. The molecule has 0 radical (unpaired) electrons. The number of carbonyl (C=O) groups excluding carboxylic acids is 1. The summed E-state index contributed by atoms with van der Waals surface area (Å²) in [4.78, 5) is 20.5. The van der Waals surface area contributed by atoms with E-state index in [0.29, 0.717) is 6.04 Å². The second-order valence-electron chi connectivity index (χ2n) is 8.73. The molecule has 0 N–H and O–H groups in total. The van der Waals surface area contributed by atoms with Crippen molar-refractivity contribution >= 4 is 12.1 Å². The van der Waals surface area contributed by atoms with Gasteiger partial charge in [0.25, 0.3) is 5.91 Å². The van der Waals surface area contributed by atoms with Gasteiger partial charge in [-0.15, -0.1) is 0 Å². The number of nitrogens with zero attached hydrogens (tertiary/aromatic N) is 3. The van der Waals surface area contributed by atoms with E-state index in [9.17, 15) is 4.79 Å². The van der Waals surface area contributed by atoms with E-state index in [-0.39, 0.29) is 11.9 Å². The number of ether oxygens (including phenoxy) is 1. The van der Waals surface area contributed by atoms with Gasteiger partial charge in [-0.3, -0.25) is 9.79 Å². The number of aliphatic imine (C=N–C) groups is 1. The zero-order valence-electron chi connectivity index (χ0n) is 18.0. The first-order chi connectivity index (χ1) is 14.6. The maximum atomic E-state index is 13.8. The first-order valence-corrected chi connectivity index (χ1v) is 10.9. The fraction of sp³-hybridized carbons (Fsp3) is 0.440. The van der Waals surface area contributed by atoms with Gasteiger partial charge in [-0.2, -0.15) is 0 Å². The van der Waals surface area contributed by atoms with Crippen molar-refractivity contribution in [3.8, 4) is 11.4 Å². The lowest BCUT2D eigenvalue weighted by atomic mass is 9.88. The third kappa shape index (κ3) is 3.17. The van der Waals surface area contributed by atoms with E-state index in [1.54, 1.807) is 7.11 Å². The molecule has 0 spiro atoms. The van der Waals surface area contributed by atoms with Gasteiger partial charge < -0.3 is 14.2 Å². The van der Waals surface area contributed by atoms with Gasteiger partial charge in [0, 0.05) is 29.7 Å². The van der Waals surface area contributed by atoms with Gasteiger partial charge in [-0.05, 0) is 75.3 Å². The highest BCUT2D eigenvalue weighted by molar-refractivity contribution is 5.97. The maximum absolute atomic E-state index is 13.8. The highest BCUT2D eigenvalue weighted by Crippen LogP contribution is 2.38. The van der Waals surface area contributed by atoms with Crippen molar-refractivity contribution in [2.75, 3.05) is 13.7 Å². The van der Waals surface area contributed by atoms with Crippen molar-refractivity contribution in [1.82, 2.24) is 9.47 Å². The van der Waals surface area contributed by atoms with Crippen molar-refractivity contribution in [2.24, 2.45) is 4.99 Å². The Morgan fingerprint density at radius 2 is 1.97 bits per heavy atom. The van der Waals surface area contributed by atoms with Crippen molar-refractivity contribution in [3.63, 3.8) is 0 Å². The molecular formula is C25H29N3O2. The molecule has 1 aromatic heterocycles. The van der Waals surface area contributed by atoms with Gasteiger partial charge >= 0.3 is 0 Å². The van der Waals surface area contributed by atoms with E-state index >= 15 is 0 Å². The lowest BCUT2D eigenvalue weighted by Crippen LogP contribution is -2.43. The van der Waals surface area contributed by atoms with Crippen LogP contribution in [0, 0.1) is 13.8 Å². The Morgan fingerprint density at radius 3 is 2.73 bits per heavy atom. The van der Waals surface area contributed by atoms with Gasteiger partial charge in [-0.1, -0.05) is 12.1 Å². The summed E-state index contributed by atoms with van der Waals surface area (Å²) in [6, 6.07) is 10.7. The first kappa shape index (κ1) is 19.2. The van der Waals surface area contributed by atoms with Gasteiger partial charge in [-0.25, -0.2) is 0 Å². The molecular weight excluding hydrogens is 374 g/mol. The lowest BCUT2D eigenvalue weighted by molar-refractivity contribution is 0.0644. The van der Waals surface area contributed by atoms with Crippen LogP contribution in [0.25, 0.3) is 5.69 Å². The molecule has 5 heteroatoms. The van der Waals surface area contributed by atoms with E-state index in [2.05, 4.69) is 21.4 Å². The predicted molar refractivity (Wildman–Crippen MR) is 119 cm³/mol. The molecule has 156 valence electrons. The van der Waals surface area contributed by atoms with Crippen LogP contribution in [0.5, 0.6) is 5.75 Å². The Morgan fingerprint density at radius 1 is 1.17 bits per heavy atom. The number of para-hydroxylation sites is 2. The van der Waals surface area contributed by atoms with Crippen molar-refractivity contribution < 1.29 is 9.53 Å². The van der Waals surface area contributed by atoms with Gasteiger partial charge in [0.15, 0.2) is 0 Å². The molecule has 5 rings (SSSR count). The fourth-order valence-corrected chi connectivity index (χ4v) is 5.12. The number of amides is 1. The Bertz CT molecular complexity index is 1060. The molecule has 2 aliphatic carbocycles. The maximum Gasteiger partial charge on any atom is 0.256 e. The standard InChI is InChI=1S/C25H29N3O2/c1-16-12-22(17(2)27(16)23-6-4-5-7-24(23)30-3)25(29)28(20-10-11-20)21-9-8-18-14-26-15-19(18)13-21/h4-7,12,15,20-21H,8-11,13-14H2,1-3H3. The van der Waals surface area contributed by atoms with Crippen LogP contribution in [-0.4, -0.2) is 47.3 Å². The molecule has 1 aliphatic heterocycles. The average Bonchev–Trinajstić information content (AvgIpc) is 3.39. The molecule has 1 aromatic carbocycles. The number of hydrogen-bond acceptors (Lipinski definition) is 3. The third-order valence-electron chi connectivity index (χ3n) is 6.77. The van der Waals surface area contributed by atoms with Gasteiger partial charge in [0.2, 0.25) is 0 Å². The van der Waals surface area contributed by atoms with Crippen LogP contribution in [0.4, 0.5) is 0 Å². The van der Waals surface area contributed by atoms with Crippen LogP contribution < -0.4 is 4.74 Å². The molecule has 5 nitrogen and oxygen atoms in total. The fourth-order valence-electron chi connectivity index (χ4n) is 5.12. The summed E-state index contributed by atoms with van der Waals surface area (Å²) in [6.45, 7) is 4.97. The molecule has 30 heavy (non-hydrogen) atoms. The van der Waals surface area contributed by atoms with Crippen molar-refractivity contribution in [1.29, 1.82) is 0 Å². The smallest absolute Gasteiger partial charge is 0.256 e. The summed E-state index contributed by atoms with van der Waals surface area (Å²) in [7, 11) is 1.69. The zero-order chi connectivity index (χ0) is 20.8. The number of rotatable bonds is 5. The summed E-state index contributed by atoms with van der Waals surface area (Å²) >= 11 is 0. The largest absolute Gasteiger partial charge is 0.495 e. The second kappa shape index (κ2) is 7.46. The number of hydrogen-bond donors (Lipinski definition) is 0. The summed E-state index contributed by atoms with van der Waals surface area (Å²) in [5.74, 6) is 0.986. The Kier molecular flexibility index (Phi) is 4.76. The number of benzene rings is 1. The summed E-state index contributed by atoms with van der Waals surface area (Å²) in [6.07, 6.45) is 7.34. The molecule has 1 atom stereocenters. The number of aryl methyl sites for hydroxylation is 1. The van der Waals surface area contributed by atoms with Crippen LogP contribution >= 0.6 is 0 Å². The van der Waals surface area contributed by atoms with Gasteiger partial charge in [0.05, 0.1) is 24.9 Å². The lowest BCUT2D eigenvalue weighted by Gasteiger charge is -2.35. The minimum Gasteiger partial charge on any atom is -0.495 e. The monoisotopic (exact) mass is 403 g/mol. The second-order valence-corrected chi connectivity index (χ2v) is 8.73. The molecule has 1 fully saturated rings.